The van der Waals surface area contributed by atoms with Crippen LogP contribution in [-0.2, 0) is 13.1 Å². The molecule has 2 heterocycles. The highest BCUT2D eigenvalue weighted by Crippen LogP contribution is 2.19. The minimum absolute atomic E-state index is 0.542. The molecular formula is C15H20N4S. The minimum atomic E-state index is 0.542. The van der Waals surface area contributed by atoms with Crippen LogP contribution in [-0.4, -0.2) is 33.6 Å². The fourth-order valence-electron chi connectivity index (χ4n) is 2.80. The van der Waals surface area contributed by atoms with Crippen molar-refractivity contribution in [2.45, 2.75) is 26.1 Å². The van der Waals surface area contributed by atoms with Crippen molar-refractivity contribution in [2.24, 2.45) is 5.92 Å². The number of hydrogen-bond acceptors (Lipinski definition) is 5. The summed E-state index contributed by atoms with van der Waals surface area (Å²) in [6.07, 6.45) is 0. The van der Waals surface area contributed by atoms with Gasteiger partial charge in [-0.15, -0.1) is 5.10 Å². The van der Waals surface area contributed by atoms with Crippen molar-refractivity contribution in [1.29, 1.82) is 0 Å². The molecule has 2 aromatic rings. The first-order chi connectivity index (χ1) is 9.81. The number of rotatable bonds is 5. The third kappa shape index (κ3) is 3.42. The molecule has 1 aromatic carbocycles. The highest BCUT2D eigenvalue weighted by atomic mass is 32.1. The molecule has 5 heteroatoms. The molecule has 4 nitrogen and oxygen atoms in total. The first-order valence-corrected chi connectivity index (χ1v) is 7.90. The molecule has 1 aromatic heterocycles. The van der Waals surface area contributed by atoms with Gasteiger partial charge in [-0.3, -0.25) is 4.90 Å². The van der Waals surface area contributed by atoms with Crippen LogP contribution in [0.1, 0.15) is 18.2 Å². The summed E-state index contributed by atoms with van der Waals surface area (Å²) in [5.41, 5.74) is 2.44. The van der Waals surface area contributed by atoms with Crippen molar-refractivity contribution in [1.82, 2.24) is 19.8 Å². The van der Waals surface area contributed by atoms with Gasteiger partial charge in [0.1, 0.15) is 0 Å². The zero-order valence-corrected chi connectivity index (χ0v) is 12.5. The van der Waals surface area contributed by atoms with Crippen LogP contribution in [0.25, 0.3) is 0 Å². The van der Waals surface area contributed by atoms with Gasteiger partial charge in [0.25, 0.3) is 0 Å². The van der Waals surface area contributed by atoms with Gasteiger partial charge in [-0.25, -0.2) is 0 Å². The Bertz CT molecular complexity index is 514. The molecule has 1 aliphatic heterocycles. The van der Waals surface area contributed by atoms with Gasteiger partial charge in [0.15, 0.2) is 0 Å². The fraction of sp³-hybridized carbons (Fsp3) is 0.467. The summed E-state index contributed by atoms with van der Waals surface area (Å²) in [5.74, 6) is 0.672. The quantitative estimate of drug-likeness (QED) is 0.915. The van der Waals surface area contributed by atoms with Crippen molar-refractivity contribution < 1.29 is 0 Å². The summed E-state index contributed by atoms with van der Waals surface area (Å²) in [5, 5.41) is 9.70. The van der Waals surface area contributed by atoms with E-state index >= 15 is 0 Å². The second-order valence-electron chi connectivity index (χ2n) is 5.54. The van der Waals surface area contributed by atoms with E-state index in [2.05, 4.69) is 57.1 Å². The first-order valence-electron chi connectivity index (χ1n) is 7.07. The van der Waals surface area contributed by atoms with E-state index in [0.29, 0.717) is 12.0 Å². The maximum Gasteiger partial charge on any atom is 0.0893 e. The summed E-state index contributed by atoms with van der Waals surface area (Å²) < 4.78 is 3.90. The van der Waals surface area contributed by atoms with Crippen LogP contribution in [0.4, 0.5) is 0 Å². The molecule has 1 saturated heterocycles. The monoisotopic (exact) mass is 288 g/mol. The Balaban J connectivity index is 1.51. The Morgan fingerprint density at radius 3 is 2.90 bits per heavy atom. The lowest BCUT2D eigenvalue weighted by Gasteiger charge is -2.16. The summed E-state index contributed by atoms with van der Waals surface area (Å²) in [7, 11) is 0. The van der Waals surface area contributed by atoms with E-state index < -0.39 is 0 Å². The van der Waals surface area contributed by atoms with Crippen LogP contribution >= 0.6 is 11.5 Å². The van der Waals surface area contributed by atoms with Crippen molar-refractivity contribution in [2.75, 3.05) is 13.1 Å². The van der Waals surface area contributed by atoms with Gasteiger partial charge in [0, 0.05) is 37.6 Å². The van der Waals surface area contributed by atoms with Crippen LogP contribution in [0.5, 0.6) is 0 Å². The van der Waals surface area contributed by atoms with Gasteiger partial charge in [-0.2, -0.15) is 0 Å². The normalized spacial score (nSPS) is 23.2. The average Bonchev–Trinajstić information content (AvgIpc) is 3.08. The molecule has 0 amide bonds. The molecule has 106 valence electrons. The van der Waals surface area contributed by atoms with Crippen LogP contribution < -0.4 is 5.32 Å². The summed E-state index contributed by atoms with van der Waals surface area (Å²) in [4.78, 5) is 2.52. The molecule has 3 rings (SSSR count). The van der Waals surface area contributed by atoms with Gasteiger partial charge in [0.05, 0.1) is 5.69 Å². The van der Waals surface area contributed by atoms with Gasteiger partial charge >= 0.3 is 0 Å². The standard InChI is InChI=1S/C15H20N4S/c1-12-8-19(9-13-5-3-2-4-6-13)10-15(12)16-7-14-11-20-18-17-14/h2-6,11-12,15-16H,7-10H2,1H3/t12-,15+/m0/s1. The molecule has 1 aliphatic rings. The smallest absolute Gasteiger partial charge is 0.0893 e. The predicted octanol–water partition coefficient (Wildman–Crippen LogP) is 2.15. The van der Waals surface area contributed by atoms with E-state index in [-0.39, 0.29) is 0 Å². The number of nitrogens with zero attached hydrogens (tertiary/aromatic N) is 3. The van der Waals surface area contributed by atoms with Crippen molar-refractivity contribution in [3.05, 3.63) is 47.0 Å². The first kappa shape index (κ1) is 13.7. The lowest BCUT2D eigenvalue weighted by atomic mass is 10.1. The molecule has 0 bridgehead atoms. The highest BCUT2D eigenvalue weighted by molar-refractivity contribution is 7.03. The zero-order valence-electron chi connectivity index (χ0n) is 11.7. The second-order valence-corrected chi connectivity index (χ2v) is 6.15. The highest BCUT2D eigenvalue weighted by Gasteiger charge is 2.29. The molecule has 0 spiro atoms. The Morgan fingerprint density at radius 2 is 2.15 bits per heavy atom. The number of nitrogens with one attached hydrogen (secondary N) is 1. The molecule has 0 aliphatic carbocycles. The predicted molar refractivity (Wildman–Crippen MR) is 81.4 cm³/mol. The van der Waals surface area contributed by atoms with Crippen molar-refractivity contribution in [3.8, 4) is 0 Å². The van der Waals surface area contributed by atoms with E-state index in [1.807, 2.05) is 5.38 Å². The lowest BCUT2D eigenvalue weighted by Crippen LogP contribution is -2.35. The Hall–Kier alpha value is -1.30. The molecule has 0 saturated carbocycles. The Kier molecular flexibility index (Phi) is 4.40. The van der Waals surface area contributed by atoms with E-state index in [4.69, 9.17) is 0 Å². The van der Waals surface area contributed by atoms with Crippen LogP contribution in [0, 0.1) is 5.92 Å². The second kappa shape index (κ2) is 6.43. The van der Waals surface area contributed by atoms with E-state index in [1.54, 1.807) is 0 Å². The summed E-state index contributed by atoms with van der Waals surface area (Å²) >= 11 is 1.41. The molecule has 0 radical (unpaired) electrons. The maximum absolute atomic E-state index is 4.08. The number of aromatic nitrogens is 2. The third-order valence-electron chi connectivity index (χ3n) is 3.89. The number of benzene rings is 1. The fourth-order valence-corrected chi connectivity index (χ4v) is 3.25. The molecule has 20 heavy (non-hydrogen) atoms. The van der Waals surface area contributed by atoms with Crippen LogP contribution in [0.15, 0.2) is 35.7 Å². The van der Waals surface area contributed by atoms with Crippen LogP contribution in [0.2, 0.25) is 0 Å². The van der Waals surface area contributed by atoms with Gasteiger partial charge in [-0.1, -0.05) is 41.7 Å². The van der Waals surface area contributed by atoms with Gasteiger partial charge in [-0.05, 0) is 23.0 Å². The summed E-state index contributed by atoms with van der Waals surface area (Å²) in [6, 6.07) is 11.2. The number of likely N-dealkylation sites (tertiary alicyclic amines) is 1. The third-order valence-corrected chi connectivity index (χ3v) is 4.44. The van der Waals surface area contributed by atoms with E-state index in [9.17, 15) is 0 Å². The van der Waals surface area contributed by atoms with Crippen molar-refractivity contribution in [3.63, 3.8) is 0 Å². The molecule has 2 atom stereocenters. The number of hydrogen-bond donors (Lipinski definition) is 1. The molecule has 0 unspecified atom stereocenters. The Morgan fingerprint density at radius 1 is 1.30 bits per heavy atom. The summed E-state index contributed by atoms with van der Waals surface area (Å²) in [6.45, 7) is 6.45. The zero-order chi connectivity index (χ0) is 13.8. The van der Waals surface area contributed by atoms with E-state index in [0.717, 1.165) is 31.9 Å². The largest absolute Gasteiger partial charge is 0.307 e. The maximum atomic E-state index is 4.08. The molecule has 1 N–H and O–H groups in total. The van der Waals surface area contributed by atoms with Gasteiger partial charge < -0.3 is 5.32 Å². The Labute approximate surface area is 124 Å². The average molecular weight is 288 g/mol. The molecule has 1 fully saturated rings. The van der Waals surface area contributed by atoms with E-state index in [1.165, 1.54) is 17.1 Å². The lowest BCUT2D eigenvalue weighted by molar-refractivity contribution is 0.316. The topological polar surface area (TPSA) is 41.0 Å². The van der Waals surface area contributed by atoms with Crippen molar-refractivity contribution >= 4 is 11.5 Å². The van der Waals surface area contributed by atoms with Crippen LogP contribution in [0.3, 0.4) is 0 Å². The molecular weight excluding hydrogens is 268 g/mol. The van der Waals surface area contributed by atoms with Gasteiger partial charge in [0.2, 0.25) is 0 Å². The minimum Gasteiger partial charge on any atom is -0.307 e. The SMILES string of the molecule is C[C@H]1CN(Cc2ccccc2)C[C@H]1NCc1csnn1.